The van der Waals surface area contributed by atoms with Gasteiger partial charge in [0.15, 0.2) is 0 Å². The fraction of sp³-hybridized carbons (Fsp3) is 0.538. The van der Waals surface area contributed by atoms with Crippen LogP contribution >= 0.6 is 0 Å². The molecule has 0 fully saturated rings. The third-order valence-corrected chi connectivity index (χ3v) is 5.14. The lowest BCUT2D eigenvalue weighted by atomic mass is 9.83. The summed E-state index contributed by atoms with van der Waals surface area (Å²) in [5, 5.41) is 21.7. The summed E-state index contributed by atoms with van der Waals surface area (Å²) in [6, 6.07) is 8.22. The highest BCUT2D eigenvalue weighted by molar-refractivity contribution is 5.52. The molecule has 28 heavy (non-hydrogen) atoms. The van der Waals surface area contributed by atoms with Crippen molar-refractivity contribution in [2.75, 3.05) is 0 Å². The maximum atomic E-state index is 10.9. The van der Waals surface area contributed by atoms with Gasteiger partial charge in [-0.1, -0.05) is 90.3 Å². The van der Waals surface area contributed by atoms with Crippen LogP contribution in [0.3, 0.4) is 0 Å². The number of aryl methyl sites for hydroxylation is 2. The van der Waals surface area contributed by atoms with E-state index >= 15 is 0 Å². The SMILES string of the molecule is CC.CCCC(C)c1cc(C)cc(Cc2cc(C)cc(C(C)(C)C)c2O)c1O. The van der Waals surface area contributed by atoms with Crippen LogP contribution < -0.4 is 0 Å². The first kappa shape index (κ1) is 24.1. The summed E-state index contributed by atoms with van der Waals surface area (Å²) in [5.41, 5.74) is 5.91. The molecule has 0 spiro atoms. The van der Waals surface area contributed by atoms with Crippen LogP contribution in [0.15, 0.2) is 24.3 Å². The lowest BCUT2D eigenvalue weighted by Crippen LogP contribution is -2.12. The van der Waals surface area contributed by atoms with Gasteiger partial charge in [-0.25, -0.2) is 0 Å². The summed E-state index contributed by atoms with van der Waals surface area (Å²) in [6.45, 7) is 18.8. The minimum Gasteiger partial charge on any atom is -0.507 e. The largest absolute Gasteiger partial charge is 0.507 e. The van der Waals surface area contributed by atoms with Crippen LogP contribution in [0.5, 0.6) is 11.5 Å². The van der Waals surface area contributed by atoms with E-state index in [1.54, 1.807) is 0 Å². The molecule has 0 bridgehead atoms. The normalized spacial score (nSPS) is 12.3. The number of hydrogen-bond acceptors (Lipinski definition) is 2. The van der Waals surface area contributed by atoms with Crippen LogP contribution in [0, 0.1) is 13.8 Å². The first-order valence-corrected chi connectivity index (χ1v) is 10.7. The van der Waals surface area contributed by atoms with Gasteiger partial charge in [0, 0.05) is 6.42 Å². The lowest BCUT2D eigenvalue weighted by molar-refractivity contribution is 0.438. The summed E-state index contributed by atoms with van der Waals surface area (Å²) >= 11 is 0. The number of phenolic OH excluding ortho intramolecular Hbond substituents is 2. The number of hydrogen-bond donors (Lipinski definition) is 2. The first-order valence-electron chi connectivity index (χ1n) is 10.7. The van der Waals surface area contributed by atoms with Gasteiger partial charge in [0.25, 0.3) is 0 Å². The second-order valence-corrected chi connectivity index (χ2v) is 8.80. The van der Waals surface area contributed by atoms with Gasteiger partial charge in [0.1, 0.15) is 11.5 Å². The van der Waals surface area contributed by atoms with Crippen molar-refractivity contribution in [3.8, 4) is 11.5 Å². The average molecular weight is 385 g/mol. The molecule has 0 aliphatic carbocycles. The molecular formula is C26H40O2. The van der Waals surface area contributed by atoms with Crippen molar-refractivity contribution in [1.29, 1.82) is 0 Å². The smallest absolute Gasteiger partial charge is 0.122 e. The predicted octanol–water partition coefficient (Wildman–Crippen LogP) is 7.53. The number of benzene rings is 2. The highest BCUT2D eigenvalue weighted by atomic mass is 16.3. The van der Waals surface area contributed by atoms with Crippen LogP contribution in [0.4, 0.5) is 0 Å². The van der Waals surface area contributed by atoms with Gasteiger partial charge in [-0.3, -0.25) is 0 Å². The van der Waals surface area contributed by atoms with E-state index in [-0.39, 0.29) is 5.41 Å². The van der Waals surface area contributed by atoms with E-state index in [1.165, 1.54) is 0 Å². The Bertz CT molecular complexity index is 782. The van der Waals surface area contributed by atoms with Crippen molar-refractivity contribution >= 4 is 0 Å². The number of rotatable bonds is 5. The molecular weight excluding hydrogens is 344 g/mol. The van der Waals surface area contributed by atoms with Gasteiger partial charge >= 0.3 is 0 Å². The van der Waals surface area contributed by atoms with Crippen molar-refractivity contribution in [1.82, 2.24) is 0 Å². The molecule has 156 valence electrons. The van der Waals surface area contributed by atoms with Crippen molar-refractivity contribution < 1.29 is 10.2 Å². The summed E-state index contributed by atoms with van der Waals surface area (Å²) in [4.78, 5) is 0. The summed E-state index contributed by atoms with van der Waals surface area (Å²) in [7, 11) is 0. The Kier molecular flexibility index (Phi) is 8.60. The molecule has 0 radical (unpaired) electrons. The number of aromatic hydroxyl groups is 2. The van der Waals surface area contributed by atoms with E-state index in [2.05, 4.69) is 60.6 Å². The Balaban J connectivity index is 0.00000190. The second kappa shape index (κ2) is 10.0. The van der Waals surface area contributed by atoms with Crippen molar-refractivity contribution in [2.24, 2.45) is 0 Å². The average Bonchev–Trinajstić information content (AvgIpc) is 2.61. The van der Waals surface area contributed by atoms with Crippen molar-refractivity contribution in [3.63, 3.8) is 0 Å². The predicted molar refractivity (Wildman–Crippen MR) is 122 cm³/mol. The van der Waals surface area contributed by atoms with Crippen LogP contribution in [-0.4, -0.2) is 10.2 Å². The lowest BCUT2D eigenvalue weighted by Gasteiger charge is -2.23. The Morgan fingerprint density at radius 1 is 0.857 bits per heavy atom. The van der Waals surface area contributed by atoms with Gasteiger partial charge in [0.05, 0.1) is 0 Å². The zero-order valence-electron chi connectivity index (χ0n) is 19.4. The Morgan fingerprint density at radius 2 is 1.36 bits per heavy atom. The van der Waals surface area contributed by atoms with Crippen LogP contribution in [0.1, 0.15) is 101 Å². The summed E-state index contributed by atoms with van der Waals surface area (Å²) < 4.78 is 0. The summed E-state index contributed by atoms with van der Waals surface area (Å²) in [5.74, 6) is 1.07. The molecule has 2 nitrogen and oxygen atoms in total. The molecule has 1 atom stereocenters. The molecule has 0 heterocycles. The molecule has 0 saturated heterocycles. The van der Waals surface area contributed by atoms with E-state index in [9.17, 15) is 10.2 Å². The van der Waals surface area contributed by atoms with Gasteiger partial charge in [-0.05, 0) is 53.9 Å². The molecule has 2 rings (SSSR count). The van der Waals surface area contributed by atoms with Gasteiger partial charge in [-0.15, -0.1) is 0 Å². The second-order valence-electron chi connectivity index (χ2n) is 8.80. The summed E-state index contributed by atoms with van der Waals surface area (Å²) in [6.07, 6.45) is 2.69. The Morgan fingerprint density at radius 3 is 1.86 bits per heavy atom. The van der Waals surface area contributed by atoms with Crippen molar-refractivity contribution in [3.05, 3.63) is 57.6 Å². The molecule has 2 N–H and O–H groups in total. The maximum absolute atomic E-state index is 10.9. The number of phenols is 2. The Labute approximate surface area is 172 Å². The minimum atomic E-state index is -0.125. The van der Waals surface area contributed by atoms with Crippen molar-refractivity contribution in [2.45, 2.75) is 92.9 Å². The van der Waals surface area contributed by atoms with Gasteiger partial charge in [0.2, 0.25) is 0 Å². The van der Waals surface area contributed by atoms with Gasteiger partial charge < -0.3 is 10.2 Å². The molecule has 2 aromatic carbocycles. The monoisotopic (exact) mass is 384 g/mol. The molecule has 2 heteroatoms. The Hall–Kier alpha value is -1.96. The molecule has 0 aliphatic rings. The molecule has 0 saturated carbocycles. The minimum absolute atomic E-state index is 0.125. The van der Waals surface area contributed by atoms with E-state index < -0.39 is 0 Å². The molecule has 0 aliphatic heterocycles. The maximum Gasteiger partial charge on any atom is 0.122 e. The van der Waals surface area contributed by atoms with Gasteiger partial charge in [-0.2, -0.15) is 0 Å². The fourth-order valence-electron chi connectivity index (χ4n) is 3.75. The zero-order chi connectivity index (χ0) is 21.6. The van der Waals surface area contributed by atoms with Crippen LogP contribution in [-0.2, 0) is 11.8 Å². The topological polar surface area (TPSA) is 40.5 Å². The highest BCUT2D eigenvalue weighted by Gasteiger charge is 2.22. The third-order valence-electron chi connectivity index (χ3n) is 5.14. The van der Waals surface area contributed by atoms with E-state index in [1.807, 2.05) is 26.0 Å². The molecule has 1 unspecified atom stereocenters. The zero-order valence-corrected chi connectivity index (χ0v) is 19.4. The van der Waals surface area contributed by atoms with E-state index in [0.29, 0.717) is 23.8 Å². The quantitative estimate of drug-likeness (QED) is 0.559. The molecule has 0 aromatic heterocycles. The first-order chi connectivity index (χ1) is 13.0. The van der Waals surface area contributed by atoms with Crippen LogP contribution in [0.2, 0.25) is 0 Å². The fourth-order valence-corrected chi connectivity index (χ4v) is 3.75. The van der Waals surface area contributed by atoms with E-state index in [4.69, 9.17) is 0 Å². The standard InChI is InChI=1S/C24H34O2.C2H6/c1-8-9-17(4)20-12-15(2)10-18(22(20)25)14-19-11-16(3)13-21(23(19)26)24(5,6)7;1-2/h10-13,17,25-26H,8-9,14H2,1-7H3;1-2H3. The van der Waals surface area contributed by atoms with Crippen LogP contribution in [0.25, 0.3) is 0 Å². The van der Waals surface area contributed by atoms with E-state index in [0.717, 1.165) is 46.2 Å². The molecule has 0 amide bonds. The highest BCUT2D eigenvalue weighted by Crippen LogP contribution is 2.38. The third kappa shape index (κ3) is 5.77. The molecule has 2 aromatic rings.